The van der Waals surface area contributed by atoms with Crippen molar-refractivity contribution in [3.8, 4) is 0 Å². The number of hydrogen-bond donors (Lipinski definition) is 2. The van der Waals surface area contributed by atoms with Crippen LogP contribution in [0.1, 0.15) is 30.9 Å². The summed E-state index contributed by atoms with van der Waals surface area (Å²) < 4.78 is 0. The molecule has 0 unspecified atom stereocenters. The highest BCUT2D eigenvalue weighted by molar-refractivity contribution is 6.30. The molecule has 0 spiro atoms. The Morgan fingerprint density at radius 2 is 2.07 bits per heavy atom. The van der Waals surface area contributed by atoms with Gasteiger partial charge in [0.1, 0.15) is 0 Å². The Kier molecular flexibility index (Phi) is 2.66. The molecule has 1 fully saturated rings. The lowest BCUT2D eigenvalue weighted by Crippen LogP contribution is -2.27. The van der Waals surface area contributed by atoms with Crippen molar-refractivity contribution in [3.05, 3.63) is 28.8 Å². The summed E-state index contributed by atoms with van der Waals surface area (Å²) in [5.74, 6) is 0.593. The molecule has 0 amide bonds. The van der Waals surface area contributed by atoms with Gasteiger partial charge in [-0.1, -0.05) is 18.0 Å². The lowest BCUT2D eigenvalue weighted by atomic mass is 9.77. The number of anilines is 1. The van der Waals surface area contributed by atoms with Gasteiger partial charge in [0.2, 0.25) is 0 Å². The third-order valence-electron chi connectivity index (χ3n) is 3.07. The number of nitrogens with two attached hydrogens (primary N) is 2. The van der Waals surface area contributed by atoms with Gasteiger partial charge < -0.3 is 11.5 Å². The van der Waals surface area contributed by atoms with Gasteiger partial charge in [-0.25, -0.2) is 0 Å². The van der Waals surface area contributed by atoms with Crippen molar-refractivity contribution in [2.24, 2.45) is 11.7 Å². The third-order valence-corrected chi connectivity index (χ3v) is 3.30. The summed E-state index contributed by atoms with van der Waals surface area (Å²) in [6.45, 7) is 0. The fourth-order valence-corrected chi connectivity index (χ4v) is 2.07. The maximum absolute atomic E-state index is 6.13. The van der Waals surface area contributed by atoms with E-state index in [0.717, 1.165) is 11.3 Å². The van der Waals surface area contributed by atoms with Gasteiger partial charge in [0.15, 0.2) is 0 Å². The smallest absolute Gasteiger partial charge is 0.0410 e. The third kappa shape index (κ3) is 1.72. The van der Waals surface area contributed by atoms with Crippen LogP contribution in [0.15, 0.2) is 18.2 Å². The zero-order valence-corrected chi connectivity index (χ0v) is 8.80. The molecule has 0 heterocycles. The Bertz CT molecular complexity index is 334. The van der Waals surface area contributed by atoms with Crippen LogP contribution in [0.3, 0.4) is 0 Å². The molecule has 76 valence electrons. The summed E-state index contributed by atoms with van der Waals surface area (Å²) in [7, 11) is 0. The summed E-state index contributed by atoms with van der Waals surface area (Å²) in [6, 6.07) is 5.58. The topological polar surface area (TPSA) is 52.0 Å². The second-order valence-electron chi connectivity index (χ2n) is 3.99. The monoisotopic (exact) mass is 210 g/mol. The van der Waals surface area contributed by atoms with E-state index >= 15 is 0 Å². The van der Waals surface area contributed by atoms with Crippen LogP contribution < -0.4 is 11.5 Å². The second-order valence-corrected chi connectivity index (χ2v) is 4.43. The average molecular weight is 211 g/mol. The van der Waals surface area contributed by atoms with Gasteiger partial charge in [0.25, 0.3) is 0 Å². The predicted molar refractivity (Wildman–Crippen MR) is 60.1 cm³/mol. The lowest BCUT2D eigenvalue weighted by molar-refractivity contribution is 0.265. The van der Waals surface area contributed by atoms with Crippen LogP contribution in [0.2, 0.25) is 5.02 Å². The molecule has 1 saturated carbocycles. The van der Waals surface area contributed by atoms with E-state index < -0.39 is 0 Å². The second kappa shape index (κ2) is 3.79. The van der Waals surface area contributed by atoms with E-state index in [1.165, 1.54) is 19.3 Å². The molecular formula is C11H15ClN2. The number of rotatable bonds is 2. The van der Waals surface area contributed by atoms with Crippen molar-refractivity contribution in [1.29, 1.82) is 0 Å². The molecule has 0 radical (unpaired) electrons. The molecule has 2 rings (SSSR count). The van der Waals surface area contributed by atoms with Gasteiger partial charge in [-0.05, 0) is 42.5 Å². The van der Waals surface area contributed by atoms with Crippen LogP contribution in [0.5, 0.6) is 0 Å². The fourth-order valence-electron chi connectivity index (χ4n) is 1.89. The van der Waals surface area contributed by atoms with Gasteiger partial charge in [-0.15, -0.1) is 0 Å². The van der Waals surface area contributed by atoms with E-state index in [0.29, 0.717) is 10.9 Å². The maximum atomic E-state index is 6.13. The molecule has 0 saturated heterocycles. The van der Waals surface area contributed by atoms with Crippen molar-refractivity contribution < 1.29 is 0 Å². The Morgan fingerprint density at radius 3 is 2.64 bits per heavy atom. The van der Waals surface area contributed by atoms with E-state index in [9.17, 15) is 0 Å². The molecule has 1 aromatic rings. The molecule has 0 aromatic heterocycles. The Hall–Kier alpha value is -0.730. The molecule has 3 heteroatoms. The van der Waals surface area contributed by atoms with Crippen LogP contribution in [-0.4, -0.2) is 0 Å². The summed E-state index contributed by atoms with van der Waals surface area (Å²) in [4.78, 5) is 0. The van der Waals surface area contributed by atoms with Crippen LogP contribution in [0.25, 0.3) is 0 Å². The van der Waals surface area contributed by atoms with Gasteiger partial charge in [0, 0.05) is 16.8 Å². The lowest BCUT2D eigenvalue weighted by Gasteiger charge is -2.32. The minimum Gasteiger partial charge on any atom is -0.398 e. The minimum absolute atomic E-state index is 0.0578. The molecule has 14 heavy (non-hydrogen) atoms. The molecule has 1 atom stereocenters. The first-order valence-corrected chi connectivity index (χ1v) is 5.37. The summed E-state index contributed by atoms with van der Waals surface area (Å²) >= 11 is 5.92. The summed E-state index contributed by atoms with van der Waals surface area (Å²) in [6.07, 6.45) is 3.72. The average Bonchev–Trinajstić information content (AvgIpc) is 2.06. The van der Waals surface area contributed by atoms with Gasteiger partial charge in [0.05, 0.1) is 0 Å². The Labute approximate surface area is 89.2 Å². The van der Waals surface area contributed by atoms with Crippen molar-refractivity contribution in [2.75, 3.05) is 5.73 Å². The van der Waals surface area contributed by atoms with E-state index in [1.54, 1.807) is 6.07 Å². The Morgan fingerprint density at radius 1 is 1.36 bits per heavy atom. The molecule has 1 aliphatic rings. The zero-order chi connectivity index (χ0) is 10.1. The predicted octanol–water partition coefficient (Wildman–Crippen LogP) is 2.72. The van der Waals surface area contributed by atoms with E-state index in [2.05, 4.69) is 0 Å². The summed E-state index contributed by atoms with van der Waals surface area (Å²) in [5.41, 5.74) is 13.8. The number of hydrogen-bond acceptors (Lipinski definition) is 2. The summed E-state index contributed by atoms with van der Waals surface area (Å²) in [5, 5.41) is 0.712. The minimum atomic E-state index is 0.0578. The molecule has 4 N–H and O–H groups in total. The highest BCUT2D eigenvalue weighted by Gasteiger charge is 2.26. The molecule has 0 aliphatic heterocycles. The van der Waals surface area contributed by atoms with Crippen LogP contribution in [0.4, 0.5) is 5.69 Å². The first-order valence-electron chi connectivity index (χ1n) is 4.99. The van der Waals surface area contributed by atoms with Crippen LogP contribution >= 0.6 is 11.6 Å². The first kappa shape index (κ1) is 9.81. The largest absolute Gasteiger partial charge is 0.398 e. The highest BCUT2D eigenvalue weighted by atomic mass is 35.5. The normalized spacial score (nSPS) is 19.0. The Balaban J connectivity index is 2.24. The maximum Gasteiger partial charge on any atom is 0.0410 e. The highest BCUT2D eigenvalue weighted by Crippen LogP contribution is 2.38. The van der Waals surface area contributed by atoms with Crippen LogP contribution in [0, 0.1) is 5.92 Å². The zero-order valence-electron chi connectivity index (χ0n) is 8.04. The fraction of sp³-hybridized carbons (Fsp3) is 0.455. The van der Waals surface area contributed by atoms with Crippen molar-refractivity contribution in [2.45, 2.75) is 25.3 Å². The van der Waals surface area contributed by atoms with Gasteiger partial charge in [-0.2, -0.15) is 0 Å². The van der Waals surface area contributed by atoms with Gasteiger partial charge >= 0.3 is 0 Å². The standard InChI is InChI=1S/C11H15ClN2/c12-8-4-5-10(13)9(6-8)11(14)7-2-1-3-7/h4-7,11H,1-3,13-14H2/t11-/m0/s1. The molecular weight excluding hydrogens is 196 g/mol. The first-order chi connectivity index (χ1) is 6.68. The molecule has 0 bridgehead atoms. The SMILES string of the molecule is Nc1ccc(Cl)cc1[C@@H](N)C1CCC1. The number of nitrogen functional groups attached to an aromatic ring is 1. The van der Waals surface area contributed by atoms with Crippen molar-refractivity contribution in [1.82, 2.24) is 0 Å². The number of halogens is 1. The van der Waals surface area contributed by atoms with E-state index in [4.69, 9.17) is 23.1 Å². The molecule has 2 nitrogen and oxygen atoms in total. The van der Waals surface area contributed by atoms with Gasteiger partial charge in [-0.3, -0.25) is 0 Å². The van der Waals surface area contributed by atoms with E-state index in [1.807, 2.05) is 12.1 Å². The van der Waals surface area contributed by atoms with Crippen LogP contribution in [-0.2, 0) is 0 Å². The van der Waals surface area contributed by atoms with E-state index in [-0.39, 0.29) is 6.04 Å². The quantitative estimate of drug-likeness (QED) is 0.738. The molecule has 1 aromatic carbocycles. The molecule has 1 aliphatic carbocycles. The van der Waals surface area contributed by atoms with Crippen molar-refractivity contribution >= 4 is 17.3 Å². The number of benzene rings is 1. The van der Waals surface area contributed by atoms with Crippen molar-refractivity contribution in [3.63, 3.8) is 0 Å².